The number of nitrogens with zero attached hydrogens (tertiary/aromatic N) is 1. The summed E-state index contributed by atoms with van der Waals surface area (Å²) < 4.78 is 27.2. The number of nitrogens with two attached hydrogens (primary N) is 1. The van der Waals surface area contributed by atoms with E-state index in [2.05, 4.69) is 0 Å². The molecule has 2 aromatic carbocycles. The highest BCUT2D eigenvalue weighted by molar-refractivity contribution is 5.23. The summed E-state index contributed by atoms with van der Waals surface area (Å²) >= 11 is 0. The first-order chi connectivity index (χ1) is 10.1. The average Bonchev–Trinajstić information content (AvgIpc) is 2.50. The number of rotatable bonds is 6. The zero-order valence-corrected chi connectivity index (χ0v) is 12.1. The first-order valence-electron chi connectivity index (χ1n) is 7.01. The van der Waals surface area contributed by atoms with Crippen molar-refractivity contribution in [2.75, 3.05) is 20.1 Å². The molecule has 0 aliphatic heterocycles. The van der Waals surface area contributed by atoms with Crippen molar-refractivity contribution >= 4 is 0 Å². The summed E-state index contributed by atoms with van der Waals surface area (Å²) in [5.74, 6) is -0.861. The third-order valence-corrected chi connectivity index (χ3v) is 3.67. The predicted octanol–water partition coefficient (Wildman–Crippen LogP) is 3.14. The molecule has 2 rings (SSSR count). The molecule has 0 radical (unpaired) electrons. The molecule has 0 aromatic heterocycles. The molecule has 2 aromatic rings. The van der Waals surface area contributed by atoms with Gasteiger partial charge in [-0.25, -0.2) is 8.78 Å². The van der Waals surface area contributed by atoms with Crippen molar-refractivity contribution in [3.63, 3.8) is 0 Å². The second kappa shape index (κ2) is 7.29. The number of likely N-dealkylation sites (N-methyl/N-ethyl adjacent to an activating group) is 1. The maximum Gasteiger partial charge on any atom is 0.128 e. The van der Waals surface area contributed by atoms with E-state index in [0.717, 1.165) is 25.1 Å². The van der Waals surface area contributed by atoms with Gasteiger partial charge in [0, 0.05) is 24.7 Å². The van der Waals surface area contributed by atoms with E-state index in [1.807, 2.05) is 42.3 Å². The summed E-state index contributed by atoms with van der Waals surface area (Å²) in [6.45, 7) is 0.966. The van der Waals surface area contributed by atoms with Crippen LogP contribution in [0.1, 0.15) is 17.2 Å². The molecule has 0 aliphatic rings. The van der Waals surface area contributed by atoms with Gasteiger partial charge in [0.2, 0.25) is 0 Å². The minimum Gasteiger partial charge on any atom is -0.329 e. The van der Waals surface area contributed by atoms with Gasteiger partial charge in [0.1, 0.15) is 11.6 Å². The van der Waals surface area contributed by atoms with E-state index in [0.29, 0.717) is 5.56 Å². The van der Waals surface area contributed by atoms with Crippen LogP contribution < -0.4 is 5.73 Å². The first kappa shape index (κ1) is 15.6. The van der Waals surface area contributed by atoms with E-state index in [1.54, 1.807) is 0 Å². The summed E-state index contributed by atoms with van der Waals surface area (Å²) in [5.41, 5.74) is 7.28. The van der Waals surface area contributed by atoms with Crippen molar-refractivity contribution < 1.29 is 8.78 Å². The predicted molar refractivity (Wildman–Crippen MR) is 80.9 cm³/mol. The van der Waals surface area contributed by atoms with Crippen LogP contribution in [0.25, 0.3) is 0 Å². The number of halogens is 2. The molecular weight excluding hydrogens is 270 g/mol. The van der Waals surface area contributed by atoms with Gasteiger partial charge in [-0.05, 0) is 37.2 Å². The van der Waals surface area contributed by atoms with E-state index >= 15 is 0 Å². The summed E-state index contributed by atoms with van der Waals surface area (Å²) in [6.07, 6.45) is 0.838. The second-order valence-electron chi connectivity index (χ2n) is 5.13. The van der Waals surface area contributed by atoms with Crippen LogP contribution in [0, 0.1) is 11.6 Å². The maximum absolute atomic E-state index is 13.9. The highest BCUT2D eigenvalue weighted by Crippen LogP contribution is 2.22. The summed E-state index contributed by atoms with van der Waals surface area (Å²) in [7, 11) is 1.88. The topological polar surface area (TPSA) is 29.3 Å². The molecule has 0 heterocycles. The molecule has 0 saturated heterocycles. The van der Waals surface area contributed by atoms with E-state index in [4.69, 9.17) is 5.73 Å². The van der Waals surface area contributed by atoms with Crippen LogP contribution in [-0.4, -0.2) is 25.0 Å². The third-order valence-electron chi connectivity index (χ3n) is 3.67. The molecule has 21 heavy (non-hydrogen) atoms. The van der Waals surface area contributed by atoms with Gasteiger partial charge in [0.05, 0.1) is 0 Å². The molecule has 2 nitrogen and oxygen atoms in total. The zero-order valence-electron chi connectivity index (χ0n) is 12.1. The van der Waals surface area contributed by atoms with Crippen LogP contribution >= 0.6 is 0 Å². The lowest BCUT2D eigenvalue weighted by atomic mass is 10.0. The molecule has 0 amide bonds. The molecule has 0 saturated carbocycles. The van der Waals surface area contributed by atoms with Gasteiger partial charge in [-0.2, -0.15) is 0 Å². The van der Waals surface area contributed by atoms with Crippen LogP contribution in [0.5, 0.6) is 0 Å². The third kappa shape index (κ3) is 4.09. The number of hydrogen-bond donors (Lipinski definition) is 1. The Morgan fingerprint density at radius 1 is 1.10 bits per heavy atom. The van der Waals surface area contributed by atoms with Crippen LogP contribution in [-0.2, 0) is 6.42 Å². The largest absolute Gasteiger partial charge is 0.329 e. The molecule has 0 aliphatic carbocycles. The van der Waals surface area contributed by atoms with E-state index < -0.39 is 11.6 Å². The van der Waals surface area contributed by atoms with E-state index in [9.17, 15) is 8.78 Å². The number of benzene rings is 2. The van der Waals surface area contributed by atoms with Crippen molar-refractivity contribution in [2.24, 2.45) is 5.73 Å². The van der Waals surface area contributed by atoms with Gasteiger partial charge in [-0.3, -0.25) is 4.90 Å². The first-order valence-corrected chi connectivity index (χ1v) is 7.01. The summed E-state index contributed by atoms with van der Waals surface area (Å²) in [5, 5.41) is 0. The molecule has 2 N–H and O–H groups in total. The van der Waals surface area contributed by atoms with Crippen molar-refractivity contribution in [3.8, 4) is 0 Å². The molecule has 0 spiro atoms. The molecule has 1 atom stereocenters. The van der Waals surface area contributed by atoms with Crippen LogP contribution in [0.15, 0.2) is 48.5 Å². The van der Waals surface area contributed by atoms with Gasteiger partial charge >= 0.3 is 0 Å². The Kier molecular flexibility index (Phi) is 5.42. The quantitative estimate of drug-likeness (QED) is 0.885. The van der Waals surface area contributed by atoms with Gasteiger partial charge < -0.3 is 5.73 Å². The average molecular weight is 290 g/mol. The smallest absolute Gasteiger partial charge is 0.128 e. The molecule has 0 fully saturated rings. The Morgan fingerprint density at radius 3 is 2.48 bits per heavy atom. The standard InChI is InChI=1S/C17H20F2N2/c1-21(10-9-13-5-3-2-4-6-13)17(12-20)15-11-14(18)7-8-16(15)19/h2-8,11,17H,9-10,12,20H2,1H3. The molecule has 112 valence electrons. The van der Waals surface area contributed by atoms with Crippen LogP contribution in [0.3, 0.4) is 0 Å². The monoisotopic (exact) mass is 290 g/mol. The fraction of sp³-hybridized carbons (Fsp3) is 0.294. The summed E-state index contributed by atoms with van der Waals surface area (Å²) in [4.78, 5) is 1.96. The van der Waals surface area contributed by atoms with Gasteiger partial charge in [-0.15, -0.1) is 0 Å². The van der Waals surface area contributed by atoms with Crippen molar-refractivity contribution in [3.05, 3.63) is 71.3 Å². The normalized spacial score (nSPS) is 12.6. The number of hydrogen-bond acceptors (Lipinski definition) is 2. The van der Waals surface area contributed by atoms with Crippen LogP contribution in [0.4, 0.5) is 8.78 Å². The fourth-order valence-electron chi connectivity index (χ4n) is 2.42. The minimum absolute atomic E-state index is 0.242. The van der Waals surface area contributed by atoms with Crippen LogP contribution in [0.2, 0.25) is 0 Å². The highest BCUT2D eigenvalue weighted by atomic mass is 19.1. The Labute approximate surface area is 124 Å². The zero-order chi connectivity index (χ0) is 15.2. The molecule has 0 bridgehead atoms. The lowest BCUT2D eigenvalue weighted by Gasteiger charge is -2.27. The lowest BCUT2D eigenvalue weighted by molar-refractivity contribution is 0.247. The maximum atomic E-state index is 13.9. The molecule has 4 heteroatoms. The van der Waals surface area contributed by atoms with Crippen molar-refractivity contribution in [2.45, 2.75) is 12.5 Å². The van der Waals surface area contributed by atoms with E-state index in [-0.39, 0.29) is 12.6 Å². The SMILES string of the molecule is CN(CCc1ccccc1)C(CN)c1cc(F)ccc1F. The minimum atomic E-state index is -0.443. The van der Waals surface area contributed by atoms with E-state index in [1.165, 1.54) is 11.6 Å². The van der Waals surface area contributed by atoms with Crippen molar-refractivity contribution in [1.82, 2.24) is 4.90 Å². The highest BCUT2D eigenvalue weighted by Gasteiger charge is 2.19. The van der Waals surface area contributed by atoms with Gasteiger partial charge in [0.25, 0.3) is 0 Å². The summed E-state index contributed by atoms with van der Waals surface area (Å²) in [6, 6.07) is 13.2. The fourth-order valence-corrected chi connectivity index (χ4v) is 2.42. The van der Waals surface area contributed by atoms with Crippen molar-refractivity contribution in [1.29, 1.82) is 0 Å². The Hall–Kier alpha value is -1.78. The lowest BCUT2D eigenvalue weighted by Crippen LogP contribution is -2.32. The molecular formula is C17H20F2N2. The molecule has 1 unspecified atom stereocenters. The Bertz CT molecular complexity index is 572. The van der Waals surface area contributed by atoms with Gasteiger partial charge in [-0.1, -0.05) is 30.3 Å². The Morgan fingerprint density at radius 2 is 1.81 bits per heavy atom. The second-order valence-corrected chi connectivity index (χ2v) is 5.13. The Balaban J connectivity index is 2.08. The van der Waals surface area contributed by atoms with Gasteiger partial charge in [0.15, 0.2) is 0 Å².